The third-order valence-corrected chi connectivity index (χ3v) is 6.41. The number of methoxy groups -OCH3 is 1. The van der Waals surface area contributed by atoms with E-state index in [9.17, 15) is 27.8 Å². The molecule has 1 heterocycles. The highest BCUT2D eigenvalue weighted by Gasteiger charge is 2.69. The van der Waals surface area contributed by atoms with Crippen LogP contribution in [0.4, 0.5) is 23.2 Å². The van der Waals surface area contributed by atoms with Crippen LogP contribution >= 0.6 is 0 Å². The number of aliphatic hydroxyl groups is 2. The molecule has 4 rings (SSSR count). The van der Waals surface area contributed by atoms with E-state index in [-0.39, 0.29) is 23.3 Å². The summed E-state index contributed by atoms with van der Waals surface area (Å²) in [5.41, 5.74) is -5.32. The second kappa shape index (κ2) is 7.63. The average molecular weight is 453 g/mol. The lowest BCUT2D eigenvalue weighted by molar-refractivity contribution is -0.327. The van der Waals surface area contributed by atoms with Crippen molar-refractivity contribution in [1.29, 1.82) is 0 Å². The minimum Gasteiger partial charge on any atom is -0.493 e. The fourth-order valence-electron chi connectivity index (χ4n) is 4.68. The second-order valence-electron chi connectivity index (χ2n) is 8.06. The first-order valence-electron chi connectivity index (χ1n) is 10.1. The lowest BCUT2D eigenvalue weighted by atomic mass is 9.63. The molecule has 0 spiro atoms. The molecule has 1 aromatic heterocycles. The van der Waals surface area contributed by atoms with E-state index >= 15 is 0 Å². The normalized spacial score (nSPS) is 25.6. The Balaban J connectivity index is 1.88. The molecule has 4 N–H and O–H groups in total. The Labute approximate surface area is 181 Å². The monoisotopic (exact) mass is 453 g/mol. The van der Waals surface area contributed by atoms with Crippen molar-refractivity contribution in [3.05, 3.63) is 53.5 Å². The first-order valence-corrected chi connectivity index (χ1v) is 10.1. The minimum atomic E-state index is -5.15. The van der Waals surface area contributed by atoms with E-state index < -0.39 is 42.1 Å². The van der Waals surface area contributed by atoms with Crippen LogP contribution in [0.1, 0.15) is 36.8 Å². The molecule has 3 unspecified atom stereocenters. The summed E-state index contributed by atoms with van der Waals surface area (Å²) in [6.45, 7) is 0.948. The van der Waals surface area contributed by atoms with Gasteiger partial charge < -0.3 is 20.3 Å². The molecule has 10 heteroatoms. The van der Waals surface area contributed by atoms with E-state index in [1.165, 1.54) is 13.3 Å². The Morgan fingerprint density at radius 1 is 1.25 bits per heavy atom. The highest BCUT2D eigenvalue weighted by molar-refractivity contribution is 5.90. The number of fused-ring (bicyclic) bond motifs is 2. The maximum absolute atomic E-state index is 14.4. The first-order chi connectivity index (χ1) is 15.1. The molecule has 3 aromatic rings. The number of nitrogens with one attached hydrogen (secondary N) is 2. The molecule has 0 saturated heterocycles. The van der Waals surface area contributed by atoms with Crippen LogP contribution in [0, 0.1) is 5.82 Å². The van der Waals surface area contributed by atoms with Gasteiger partial charge in [0.15, 0.2) is 17.2 Å². The molecule has 6 nitrogen and oxygen atoms in total. The number of benzene rings is 2. The molecule has 1 aliphatic rings. The molecule has 0 radical (unpaired) electrons. The number of aromatic amines is 1. The van der Waals surface area contributed by atoms with E-state index in [1.807, 2.05) is 0 Å². The number of alkyl halides is 3. The summed E-state index contributed by atoms with van der Waals surface area (Å²) in [7, 11) is 1.22. The Bertz CT molecular complexity index is 1150. The van der Waals surface area contributed by atoms with Crippen molar-refractivity contribution >= 4 is 16.6 Å². The summed E-state index contributed by atoms with van der Waals surface area (Å²) in [5, 5.41) is 32.7. The minimum absolute atomic E-state index is 0.134. The number of anilines is 1. The highest BCUT2D eigenvalue weighted by Crippen LogP contribution is 2.57. The Kier molecular flexibility index (Phi) is 5.33. The number of H-pyrrole nitrogens is 1. The fraction of sp³-hybridized carbons (Fsp3) is 0.409. The lowest BCUT2D eigenvalue weighted by Crippen LogP contribution is -2.66. The summed E-state index contributed by atoms with van der Waals surface area (Å²) in [5.74, 6) is -1.85. The van der Waals surface area contributed by atoms with Crippen LogP contribution in [0.5, 0.6) is 5.75 Å². The zero-order valence-electron chi connectivity index (χ0n) is 17.4. The zero-order chi connectivity index (χ0) is 23.3. The van der Waals surface area contributed by atoms with Crippen molar-refractivity contribution in [2.75, 3.05) is 19.0 Å². The standard InChI is InChI=1S/C22H23F4N3O3/c1-3-12-9-21(31,22(24,25)26)20(30,14-7-8-15(23)19(32-2)18(12)14)11-27-16-5-4-6-17-13(16)10-28-29-17/h4-8,10,12,27,30-31H,3,9,11H2,1-2H3,(H,28,29). The molecular formula is C22H23F4N3O3. The molecule has 3 atom stereocenters. The van der Waals surface area contributed by atoms with E-state index in [1.54, 1.807) is 25.1 Å². The Morgan fingerprint density at radius 2 is 2.00 bits per heavy atom. The largest absolute Gasteiger partial charge is 0.493 e. The number of halogens is 4. The van der Waals surface area contributed by atoms with Crippen molar-refractivity contribution in [3.63, 3.8) is 0 Å². The van der Waals surface area contributed by atoms with Crippen LogP contribution in [0.15, 0.2) is 36.5 Å². The fourth-order valence-corrected chi connectivity index (χ4v) is 4.68. The van der Waals surface area contributed by atoms with Crippen LogP contribution in [0.25, 0.3) is 10.9 Å². The van der Waals surface area contributed by atoms with Crippen molar-refractivity contribution in [3.8, 4) is 5.75 Å². The van der Waals surface area contributed by atoms with E-state index in [0.717, 1.165) is 12.1 Å². The van der Waals surface area contributed by atoms with Gasteiger partial charge in [-0.25, -0.2) is 4.39 Å². The van der Waals surface area contributed by atoms with Crippen LogP contribution in [-0.4, -0.2) is 45.8 Å². The molecule has 172 valence electrons. The molecule has 0 saturated carbocycles. The van der Waals surface area contributed by atoms with Crippen molar-refractivity contribution in [1.82, 2.24) is 10.2 Å². The number of ether oxygens (including phenoxy) is 1. The zero-order valence-corrected chi connectivity index (χ0v) is 17.4. The number of hydrogen-bond donors (Lipinski definition) is 4. The number of nitrogens with zero attached hydrogens (tertiary/aromatic N) is 1. The number of aromatic nitrogens is 2. The third-order valence-electron chi connectivity index (χ3n) is 6.41. The molecule has 2 aromatic carbocycles. The molecule has 0 fully saturated rings. The number of rotatable bonds is 5. The topological polar surface area (TPSA) is 90.4 Å². The highest BCUT2D eigenvalue weighted by atomic mass is 19.4. The maximum Gasteiger partial charge on any atom is 0.420 e. The van der Waals surface area contributed by atoms with Gasteiger partial charge in [-0.05, 0) is 42.5 Å². The SMILES string of the molecule is CCC1CC(O)(C(F)(F)F)C(O)(CNc2cccc3[nH]ncc23)c2ccc(F)c(OC)c21. The predicted molar refractivity (Wildman–Crippen MR) is 110 cm³/mol. The van der Waals surface area contributed by atoms with Gasteiger partial charge in [-0.3, -0.25) is 5.10 Å². The first kappa shape index (κ1) is 22.3. The maximum atomic E-state index is 14.4. The molecule has 1 aliphatic carbocycles. The third kappa shape index (κ3) is 3.12. The Hall–Kier alpha value is -2.85. The van der Waals surface area contributed by atoms with Crippen LogP contribution in [-0.2, 0) is 5.60 Å². The molecule has 0 amide bonds. The summed E-state index contributed by atoms with van der Waals surface area (Å²) in [6, 6.07) is 7.06. The molecule has 0 aliphatic heterocycles. The molecule has 0 bridgehead atoms. The summed E-state index contributed by atoms with van der Waals surface area (Å²) >= 11 is 0. The van der Waals surface area contributed by atoms with Gasteiger partial charge in [-0.2, -0.15) is 18.3 Å². The van der Waals surface area contributed by atoms with Gasteiger partial charge in [0.2, 0.25) is 0 Å². The predicted octanol–water partition coefficient (Wildman–Crippen LogP) is 4.20. The van der Waals surface area contributed by atoms with Crippen LogP contribution in [0.3, 0.4) is 0 Å². The quantitative estimate of drug-likeness (QED) is 0.435. The van der Waals surface area contributed by atoms with Gasteiger partial charge in [0.05, 0.1) is 25.4 Å². The van der Waals surface area contributed by atoms with Crippen molar-refractivity contribution in [2.24, 2.45) is 0 Å². The van der Waals surface area contributed by atoms with Crippen LogP contribution in [0.2, 0.25) is 0 Å². The average Bonchev–Trinajstić information content (AvgIpc) is 3.23. The smallest absolute Gasteiger partial charge is 0.420 e. The molecular weight excluding hydrogens is 430 g/mol. The molecule has 32 heavy (non-hydrogen) atoms. The van der Waals surface area contributed by atoms with E-state index in [0.29, 0.717) is 16.6 Å². The second-order valence-corrected chi connectivity index (χ2v) is 8.06. The number of hydrogen-bond acceptors (Lipinski definition) is 5. The summed E-state index contributed by atoms with van der Waals surface area (Å²) in [4.78, 5) is 0. The van der Waals surface area contributed by atoms with Gasteiger partial charge >= 0.3 is 6.18 Å². The van der Waals surface area contributed by atoms with Crippen molar-refractivity contribution in [2.45, 2.75) is 43.1 Å². The van der Waals surface area contributed by atoms with Gasteiger partial charge in [-0.1, -0.05) is 19.1 Å². The van der Waals surface area contributed by atoms with Crippen LogP contribution < -0.4 is 10.1 Å². The van der Waals surface area contributed by atoms with E-state index in [2.05, 4.69) is 15.5 Å². The van der Waals surface area contributed by atoms with Gasteiger partial charge in [0, 0.05) is 16.6 Å². The van der Waals surface area contributed by atoms with Crippen molar-refractivity contribution < 1.29 is 32.5 Å². The van der Waals surface area contributed by atoms with Gasteiger partial charge in [0.25, 0.3) is 0 Å². The van der Waals surface area contributed by atoms with Gasteiger partial charge in [0.1, 0.15) is 5.60 Å². The Morgan fingerprint density at radius 3 is 2.66 bits per heavy atom. The van der Waals surface area contributed by atoms with Gasteiger partial charge in [-0.15, -0.1) is 0 Å². The lowest BCUT2D eigenvalue weighted by Gasteiger charge is -2.51. The van der Waals surface area contributed by atoms with E-state index in [4.69, 9.17) is 4.74 Å². The summed E-state index contributed by atoms with van der Waals surface area (Å²) < 4.78 is 62.4. The summed E-state index contributed by atoms with van der Waals surface area (Å²) in [6.07, 6.45) is -4.31.